The molecule has 0 spiro atoms. The van der Waals surface area contributed by atoms with Crippen LogP contribution in [0.15, 0.2) is 18.2 Å². The van der Waals surface area contributed by atoms with E-state index in [-0.39, 0.29) is 11.7 Å². The van der Waals surface area contributed by atoms with Gasteiger partial charge in [-0.1, -0.05) is 0 Å². The minimum Gasteiger partial charge on any atom is -0.487 e. The van der Waals surface area contributed by atoms with E-state index in [1.54, 1.807) is 0 Å². The number of halogens is 1. The quantitative estimate of drug-likeness (QED) is 0.738. The summed E-state index contributed by atoms with van der Waals surface area (Å²) >= 11 is 0. The highest BCUT2D eigenvalue weighted by Gasteiger charge is 2.17. The Morgan fingerprint density at radius 2 is 2.38 bits per heavy atom. The highest BCUT2D eigenvalue weighted by Crippen LogP contribution is 2.21. The third-order valence-electron chi connectivity index (χ3n) is 2.51. The average Bonchev–Trinajstić information content (AvgIpc) is 2.33. The normalized spacial score (nSPS) is 20.4. The lowest BCUT2D eigenvalue weighted by atomic mass is 10.1. The Balaban J connectivity index is 2.10. The molecule has 16 heavy (non-hydrogen) atoms. The lowest BCUT2D eigenvalue weighted by Crippen LogP contribution is -2.28. The standard InChI is InChI=1S/C12H13FO3/c13-10-3-4-12(9(6-10)7-14)16-11-2-1-5-15-8-11/h3-4,6-7,11H,1-2,5,8H2. The number of carbonyl (C=O) groups excluding carboxylic acids is 1. The number of aldehydes is 1. The van der Waals surface area contributed by atoms with Crippen molar-refractivity contribution in [1.29, 1.82) is 0 Å². The van der Waals surface area contributed by atoms with E-state index in [9.17, 15) is 9.18 Å². The van der Waals surface area contributed by atoms with Crippen molar-refractivity contribution in [1.82, 2.24) is 0 Å². The molecule has 1 heterocycles. The topological polar surface area (TPSA) is 35.5 Å². The molecule has 0 radical (unpaired) electrons. The molecule has 1 saturated heterocycles. The Morgan fingerprint density at radius 3 is 3.06 bits per heavy atom. The van der Waals surface area contributed by atoms with Crippen molar-refractivity contribution in [2.45, 2.75) is 18.9 Å². The molecule has 1 atom stereocenters. The smallest absolute Gasteiger partial charge is 0.153 e. The second-order valence-electron chi connectivity index (χ2n) is 3.76. The molecule has 4 heteroatoms. The molecular formula is C12H13FO3. The number of hydrogen-bond donors (Lipinski definition) is 0. The second-order valence-corrected chi connectivity index (χ2v) is 3.76. The van der Waals surface area contributed by atoms with Crippen LogP contribution in [-0.2, 0) is 4.74 Å². The van der Waals surface area contributed by atoms with Crippen molar-refractivity contribution in [2.75, 3.05) is 13.2 Å². The molecule has 1 fully saturated rings. The molecule has 1 aliphatic rings. The summed E-state index contributed by atoms with van der Waals surface area (Å²) in [5.41, 5.74) is 0.241. The summed E-state index contributed by atoms with van der Waals surface area (Å²) in [5, 5.41) is 0. The highest BCUT2D eigenvalue weighted by atomic mass is 19.1. The molecule has 86 valence electrons. The van der Waals surface area contributed by atoms with Crippen molar-refractivity contribution < 1.29 is 18.7 Å². The molecule has 0 bridgehead atoms. The first-order chi connectivity index (χ1) is 7.79. The fourth-order valence-electron chi connectivity index (χ4n) is 1.70. The maximum Gasteiger partial charge on any atom is 0.153 e. The van der Waals surface area contributed by atoms with Crippen LogP contribution in [0.25, 0.3) is 0 Å². The molecule has 0 saturated carbocycles. The number of benzene rings is 1. The van der Waals surface area contributed by atoms with E-state index in [1.165, 1.54) is 18.2 Å². The van der Waals surface area contributed by atoms with Gasteiger partial charge < -0.3 is 9.47 Å². The van der Waals surface area contributed by atoms with Crippen LogP contribution in [0, 0.1) is 5.82 Å². The van der Waals surface area contributed by atoms with Crippen LogP contribution in [0.4, 0.5) is 4.39 Å². The zero-order valence-corrected chi connectivity index (χ0v) is 8.82. The van der Waals surface area contributed by atoms with Crippen molar-refractivity contribution in [3.8, 4) is 5.75 Å². The third-order valence-corrected chi connectivity index (χ3v) is 2.51. The summed E-state index contributed by atoms with van der Waals surface area (Å²) in [4.78, 5) is 10.7. The van der Waals surface area contributed by atoms with Crippen molar-refractivity contribution >= 4 is 6.29 Å². The van der Waals surface area contributed by atoms with Gasteiger partial charge in [-0.25, -0.2) is 4.39 Å². The van der Waals surface area contributed by atoms with Gasteiger partial charge >= 0.3 is 0 Å². The molecule has 1 aromatic rings. The van der Waals surface area contributed by atoms with Crippen LogP contribution in [0.3, 0.4) is 0 Å². The predicted octanol–water partition coefficient (Wildman–Crippen LogP) is 2.20. The summed E-state index contributed by atoms with van der Waals surface area (Å²) in [6.07, 6.45) is 2.40. The number of hydrogen-bond acceptors (Lipinski definition) is 3. The zero-order chi connectivity index (χ0) is 11.4. The minimum atomic E-state index is -0.436. The monoisotopic (exact) mass is 224 g/mol. The van der Waals surface area contributed by atoms with Gasteiger partial charge in [-0.05, 0) is 31.0 Å². The van der Waals surface area contributed by atoms with Gasteiger partial charge in [0.2, 0.25) is 0 Å². The number of carbonyl (C=O) groups is 1. The first-order valence-electron chi connectivity index (χ1n) is 5.29. The molecular weight excluding hydrogens is 211 g/mol. The largest absolute Gasteiger partial charge is 0.487 e. The first-order valence-corrected chi connectivity index (χ1v) is 5.29. The van der Waals surface area contributed by atoms with Gasteiger partial charge in [0.25, 0.3) is 0 Å². The van der Waals surface area contributed by atoms with Gasteiger partial charge in [-0.3, -0.25) is 4.79 Å². The van der Waals surface area contributed by atoms with Crippen LogP contribution >= 0.6 is 0 Å². The Labute approximate surface area is 93.2 Å². The van der Waals surface area contributed by atoms with Crippen LogP contribution in [-0.4, -0.2) is 25.6 Å². The Bertz CT molecular complexity index is 373. The van der Waals surface area contributed by atoms with E-state index in [4.69, 9.17) is 9.47 Å². The summed E-state index contributed by atoms with van der Waals surface area (Å²) in [7, 11) is 0. The fraction of sp³-hybridized carbons (Fsp3) is 0.417. The molecule has 1 unspecified atom stereocenters. The van der Waals surface area contributed by atoms with Crippen LogP contribution in [0.1, 0.15) is 23.2 Å². The van der Waals surface area contributed by atoms with E-state index in [0.29, 0.717) is 18.6 Å². The van der Waals surface area contributed by atoms with Crippen LogP contribution in [0.5, 0.6) is 5.75 Å². The van der Waals surface area contributed by atoms with E-state index >= 15 is 0 Å². The predicted molar refractivity (Wildman–Crippen MR) is 56.3 cm³/mol. The van der Waals surface area contributed by atoms with Crippen LogP contribution in [0.2, 0.25) is 0 Å². The molecule has 1 aromatic carbocycles. The lowest BCUT2D eigenvalue weighted by molar-refractivity contribution is 0.00717. The summed E-state index contributed by atoms with van der Waals surface area (Å²) in [6.45, 7) is 1.28. The molecule has 1 aliphatic heterocycles. The Hall–Kier alpha value is -1.42. The first kappa shape index (κ1) is 11.1. The SMILES string of the molecule is O=Cc1cc(F)ccc1OC1CCCOC1. The summed E-state index contributed by atoms with van der Waals surface area (Å²) < 4.78 is 23.7. The molecule has 2 rings (SSSR count). The molecule has 0 aromatic heterocycles. The lowest BCUT2D eigenvalue weighted by Gasteiger charge is -2.23. The van der Waals surface area contributed by atoms with E-state index in [0.717, 1.165) is 19.4 Å². The summed E-state index contributed by atoms with van der Waals surface area (Å²) in [6, 6.07) is 3.94. The van der Waals surface area contributed by atoms with Gasteiger partial charge in [0.1, 0.15) is 17.7 Å². The van der Waals surface area contributed by atoms with Crippen molar-refractivity contribution in [2.24, 2.45) is 0 Å². The highest BCUT2D eigenvalue weighted by molar-refractivity contribution is 5.79. The van der Waals surface area contributed by atoms with Gasteiger partial charge in [0.15, 0.2) is 6.29 Å². The van der Waals surface area contributed by atoms with E-state index < -0.39 is 5.82 Å². The molecule has 0 aliphatic carbocycles. The van der Waals surface area contributed by atoms with E-state index in [2.05, 4.69) is 0 Å². The van der Waals surface area contributed by atoms with Crippen LogP contribution < -0.4 is 4.74 Å². The van der Waals surface area contributed by atoms with Gasteiger partial charge in [-0.15, -0.1) is 0 Å². The third kappa shape index (κ3) is 2.58. The molecule has 0 amide bonds. The number of ether oxygens (including phenoxy) is 2. The van der Waals surface area contributed by atoms with E-state index in [1.807, 2.05) is 0 Å². The van der Waals surface area contributed by atoms with Crippen molar-refractivity contribution in [3.05, 3.63) is 29.6 Å². The molecule has 3 nitrogen and oxygen atoms in total. The Morgan fingerprint density at radius 1 is 1.50 bits per heavy atom. The fourth-order valence-corrected chi connectivity index (χ4v) is 1.70. The Kier molecular flexibility index (Phi) is 3.51. The van der Waals surface area contributed by atoms with Gasteiger partial charge in [0, 0.05) is 6.61 Å². The minimum absolute atomic E-state index is 0.0436. The average molecular weight is 224 g/mol. The zero-order valence-electron chi connectivity index (χ0n) is 8.82. The maximum atomic E-state index is 12.9. The second kappa shape index (κ2) is 5.07. The maximum absolute atomic E-state index is 12.9. The summed E-state index contributed by atoms with van der Waals surface area (Å²) in [5.74, 6) is -0.0127. The number of rotatable bonds is 3. The van der Waals surface area contributed by atoms with Gasteiger partial charge in [-0.2, -0.15) is 0 Å². The van der Waals surface area contributed by atoms with Crippen molar-refractivity contribution in [3.63, 3.8) is 0 Å². The molecule has 0 N–H and O–H groups in total. The van der Waals surface area contributed by atoms with Gasteiger partial charge in [0.05, 0.1) is 12.2 Å².